The van der Waals surface area contributed by atoms with Crippen LogP contribution in [0.15, 0.2) is 30.3 Å². The summed E-state index contributed by atoms with van der Waals surface area (Å²) in [5, 5.41) is 0. The summed E-state index contributed by atoms with van der Waals surface area (Å²) >= 11 is 0. The number of halogens is 2. The van der Waals surface area contributed by atoms with Crippen molar-refractivity contribution in [2.24, 2.45) is 0 Å². The number of hydrogen-bond donors (Lipinski definition) is 0. The van der Waals surface area contributed by atoms with Gasteiger partial charge in [-0.05, 0) is 31.2 Å². The molecule has 0 bridgehead atoms. The predicted molar refractivity (Wildman–Crippen MR) is 63.1 cm³/mol. The smallest absolute Gasteiger partial charge is 0.126 e. The van der Waals surface area contributed by atoms with Gasteiger partial charge >= 0.3 is 0 Å². The van der Waals surface area contributed by atoms with Crippen LogP contribution in [0.4, 0.5) is 8.78 Å². The Balaban J connectivity index is 1.99. The molecular weight excluding hydrogens is 222 g/mol. The molecule has 3 heteroatoms. The maximum absolute atomic E-state index is 13.6. The zero-order chi connectivity index (χ0) is 12.1. The van der Waals surface area contributed by atoms with E-state index in [4.69, 9.17) is 4.74 Å². The number of benzene rings is 1. The van der Waals surface area contributed by atoms with Crippen LogP contribution in [0.2, 0.25) is 0 Å². The minimum Gasteiger partial charge on any atom is -0.365 e. The molecule has 1 aliphatic rings. The van der Waals surface area contributed by atoms with Gasteiger partial charge in [0.15, 0.2) is 0 Å². The molecule has 0 amide bonds. The van der Waals surface area contributed by atoms with Crippen LogP contribution in [-0.4, -0.2) is 19.0 Å². The Morgan fingerprint density at radius 1 is 1.29 bits per heavy atom. The van der Waals surface area contributed by atoms with Crippen molar-refractivity contribution < 1.29 is 13.5 Å². The van der Waals surface area contributed by atoms with Crippen molar-refractivity contribution in [1.82, 2.24) is 0 Å². The third-order valence-corrected chi connectivity index (χ3v) is 3.10. The van der Waals surface area contributed by atoms with E-state index in [0.29, 0.717) is 12.8 Å². The molecule has 1 radical (unpaired) electrons. The molecule has 1 aromatic rings. The lowest BCUT2D eigenvalue weighted by Gasteiger charge is -2.29. The predicted octanol–water partition coefficient (Wildman–Crippen LogP) is 3.81. The average molecular weight is 239 g/mol. The Morgan fingerprint density at radius 3 is 2.71 bits per heavy atom. The molecule has 2 rings (SSSR count). The van der Waals surface area contributed by atoms with Gasteiger partial charge in [0.2, 0.25) is 0 Å². The van der Waals surface area contributed by atoms with E-state index in [1.54, 1.807) is 0 Å². The molecule has 0 saturated heterocycles. The van der Waals surface area contributed by atoms with Gasteiger partial charge in [0.1, 0.15) is 19.0 Å². The van der Waals surface area contributed by atoms with Crippen LogP contribution in [0.25, 0.3) is 0 Å². The minimum absolute atomic E-state index is 0.415. The summed E-state index contributed by atoms with van der Waals surface area (Å²) in [6.45, 7) is -0.614. The average Bonchev–Trinajstić information content (AvgIpc) is 2.39. The van der Waals surface area contributed by atoms with Crippen LogP contribution >= 0.6 is 0 Å². The Morgan fingerprint density at radius 2 is 2.06 bits per heavy atom. The van der Waals surface area contributed by atoms with Crippen LogP contribution in [0.5, 0.6) is 0 Å². The summed E-state index contributed by atoms with van der Waals surface area (Å²) in [4.78, 5) is 0. The molecule has 1 fully saturated rings. The van der Waals surface area contributed by atoms with Crippen molar-refractivity contribution in [2.45, 2.75) is 37.6 Å². The third kappa shape index (κ3) is 3.25. The number of rotatable bonds is 4. The minimum atomic E-state index is -0.999. The zero-order valence-electron chi connectivity index (χ0n) is 9.69. The van der Waals surface area contributed by atoms with Gasteiger partial charge in [-0.15, -0.1) is 0 Å². The van der Waals surface area contributed by atoms with E-state index in [0.717, 1.165) is 12.0 Å². The largest absolute Gasteiger partial charge is 0.365 e. The monoisotopic (exact) mass is 239 g/mol. The summed E-state index contributed by atoms with van der Waals surface area (Å²) in [7, 11) is 0. The Kier molecular flexibility index (Phi) is 4.49. The maximum Gasteiger partial charge on any atom is 0.126 e. The van der Waals surface area contributed by atoms with Gasteiger partial charge in [0.25, 0.3) is 0 Å². The number of ether oxygens (including phenoxy) is 1. The van der Waals surface area contributed by atoms with E-state index in [9.17, 15) is 8.78 Å². The van der Waals surface area contributed by atoms with Crippen molar-refractivity contribution in [3.05, 3.63) is 42.3 Å². The summed E-state index contributed by atoms with van der Waals surface area (Å²) in [5.74, 6) is 0. The van der Waals surface area contributed by atoms with Gasteiger partial charge in [-0.3, -0.25) is 0 Å². The van der Waals surface area contributed by atoms with Gasteiger partial charge in [-0.2, -0.15) is 0 Å². The van der Waals surface area contributed by atoms with Gasteiger partial charge in [-0.1, -0.05) is 30.3 Å². The van der Waals surface area contributed by atoms with Crippen LogP contribution in [0.1, 0.15) is 30.9 Å². The Bertz CT molecular complexity index is 328. The fourth-order valence-corrected chi connectivity index (χ4v) is 2.13. The highest BCUT2D eigenvalue weighted by Gasteiger charge is 2.28. The van der Waals surface area contributed by atoms with Gasteiger partial charge in [0.05, 0.1) is 6.10 Å². The first-order valence-electron chi connectivity index (χ1n) is 6.03. The molecule has 93 valence electrons. The summed E-state index contributed by atoms with van der Waals surface area (Å²) in [5.41, 5.74) is 0.775. The second-order valence-electron chi connectivity index (χ2n) is 4.35. The van der Waals surface area contributed by atoms with Gasteiger partial charge < -0.3 is 4.74 Å². The highest BCUT2D eigenvalue weighted by Crippen LogP contribution is 2.28. The second-order valence-corrected chi connectivity index (χ2v) is 4.35. The van der Waals surface area contributed by atoms with Crippen molar-refractivity contribution >= 4 is 0 Å². The quantitative estimate of drug-likeness (QED) is 0.776. The lowest BCUT2D eigenvalue weighted by Crippen LogP contribution is -2.31. The molecule has 17 heavy (non-hydrogen) atoms. The molecule has 0 aromatic heterocycles. The first kappa shape index (κ1) is 12.5. The van der Waals surface area contributed by atoms with E-state index >= 15 is 0 Å². The highest BCUT2D eigenvalue weighted by molar-refractivity contribution is 5.17. The van der Waals surface area contributed by atoms with Crippen LogP contribution < -0.4 is 0 Å². The molecule has 3 atom stereocenters. The fourth-order valence-electron chi connectivity index (χ4n) is 2.13. The molecule has 0 aliphatic heterocycles. The second kappa shape index (κ2) is 6.10. The Labute approximate surface area is 101 Å². The van der Waals surface area contributed by atoms with E-state index in [1.807, 2.05) is 36.8 Å². The molecule has 3 unspecified atom stereocenters. The summed E-state index contributed by atoms with van der Waals surface area (Å²) in [6.07, 6.45) is 1.72. The van der Waals surface area contributed by atoms with Gasteiger partial charge in [-0.25, -0.2) is 8.78 Å². The normalized spacial score (nSPS) is 26.7. The molecular formula is C14H17F2O. The van der Waals surface area contributed by atoms with Crippen LogP contribution in [0, 0.1) is 6.42 Å². The molecule has 1 nitrogen and oxygen atoms in total. The standard InChI is InChI=1S/C14H17F2O/c15-10-14(11-6-2-1-3-7-11)17-13-9-5-4-8-12(13)16/h1-4,6-7,12-14H,5,8-10H2. The maximum atomic E-state index is 13.6. The van der Waals surface area contributed by atoms with Crippen molar-refractivity contribution in [3.8, 4) is 0 Å². The first-order valence-corrected chi connectivity index (χ1v) is 6.03. The van der Waals surface area contributed by atoms with E-state index < -0.39 is 25.1 Å². The SMILES string of the molecule is FCC(OC1CC[CH]CC1F)c1ccccc1. The molecule has 0 spiro atoms. The molecule has 1 aromatic carbocycles. The topological polar surface area (TPSA) is 9.23 Å². The van der Waals surface area contributed by atoms with E-state index in [2.05, 4.69) is 0 Å². The highest BCUT2D eigenvalue weighted by atomic mass is 19.1. The fraction of sp³-hybridized carbons (Fsp3) is 0.500. The molecule has 1 saturated carbocycles. The van der Waals surface area contributed by atoms with Crippen LogP contribution in [-0.2, 0) is 4.74 Å². The van der Waals surface area contributed by atoms with Crippen molar-refractivity contribution in [2.75, 3.05) is 6.67 Å². The van der Waals surface area contributed by atoms with Crippen molar-refractivity contribution in [3.63, 3.8) is 0 Å². The molecule has 0 heterocycles. The third-order valence-electron chi connectivity index (χ3n) is 3.10. The lowest BCUT2D eigenvalue weighted by molar-refractivity contribution is -0.0718. The Hall–Kier alpha value is -0.960. The molecule has 0 N–H and O–H groups in total. The zero-order valence-corrected chi connectivity index (χ0v) is 9.69. The van der Waals surface area contributed by atoms with Crippen molar-refractivity contribution in [1.29, 1.82) is 0 Å². The summed E-state index contributed by atoms with van der Waals surface area (Å²) in [6, 6.07) is 9.16. The van der Waals surface area contributed by atoms with Gasteiger partial charge in [0, 0.05) is 0 Å². The number of hydrogen-bond acceptors (Lipinski definition) is 1. The molecule has 1 aliphatic carbocycles. The van der Waals surface area contributed by atoms with Crippen LogP contribution in [0.3, 0.4) is 0 Å². The number of alkyl halides is 2. The first-order chi connectivity index (χ1) is 8.31. The van der Waals surface area contributed by atoms with E-state index in [1.165, 1.54) is 0 Å². The van der Waals surface area contributed by atoms with E-state index in [-0.39, 0.29) is 0 Å². The lowest BCUT2D eigenvalue weighted by atomic mass is 9.95. The summed E-state index contributed by atoms with van der Waals surface area (Å²) < 4.78 is 32.1.